The minimum atomic E-state index is -3.84. The van der Waals surface area contributed by atoms with Crippen LogP contribution in [0, 0.1) is 5.82 Å². The van der Waals surface area contributed by atoms with Crippen LogP contribution in [0.4, 0.5) is 14.6 Å². The molecule has 0 radical (unpaired) electrons. The van der Waals surface area contributed by atoms with Gasteiger partial charge in [0.1, 0.15) is 18.0 Å². The van der Waals surface area contributed by atoms with Crippen LogP contribution >= 0.6 is 11.6 Å². The van der Waals surface area contributed by atoms with E-state index in [0.29, 0.717) is 24.4 Å². The van der Waals surface area contributed by atoms with E-state index < -0.39 is 22.5 Å². The number of anilines is 1. The van der Waals surface area contributed by atoms with Gasteiger partial charge in [-0.2, -0.15) is 0 Å². The molecule has 2 fully saturated rings. The van der Waals surface area contributed by atoms with Gasteiger partial charge in [0.25, 0.3) is 5.91 Å². The number of aromatic nitrogens is 2. The number of rotatable bonds is 7. The fourth-order valence-corrected chi connectivity index (χ4v) is 6.70. The highest BCUT2D eigenvalue weighted by atomic mass is 35.5. The summed E-state index contributed by atoms with van der Waals surface area (Å²) >= 11 is 6.14. The second kappa shape index (κ2) is 9.60. The summed E-state index contributed by atoms with van der Waals surface area (Å²) in [7, 11) is -2.39. The van der Waals surface area contributed by atoms with Crippen LogP contribution in [0.1, 0.15) is 29.6 Å². The Bertz CT molecular complexity index is 1400. The number of amides is 1. The van der Waals surface area contributed by atoms with Crippen molar-refractivity contribution in [3.05, 3.63) is 59.3 Å². The number of hydrogen-bond donors (Lipinski definition) is 0. The monoisotopic (exact) mass is 537 g/mol. The number of piperazine rings is 1. The number of carbonyl (C=O) groups excluding carboxylic acids is 1. The molecule has 12 heteroatoms. The molecule has 36 heavy (non-hydrogen) atoms. The predicted molar refractivity (Wildman–Crippen MR) is 132 cm³/mol. The fourth-order valence-electron chi connectivity index (χ4n) is 5.19. The maximum atomic E-state index is 13.5. The van der Waals surface area contributed by atoms with Gasteiger partial charge in [-0.15, -0.1) is 0 Å². The lowest BCUT2D eigenvalue weighted by Gasteiger charge is -2.42. The zero-order valence-corrected chi connectivity index (χ0v) is 21.2. The Labute approximate surface area is 213 Å². The van der Waals surface area contributed by atoms with Crippen molar-refractivity contribution in [3.63, 3.8) is 0 Å². The molecular formula is C24H26ClF2N5O3S. The van der Waals surface area contributed by atoms with Gasteiger partial charge in [0.2, 0.25) is 10.0 Å². The highest BCUT2D eigenvalue weighted by Crippen LogP contribution is 2.37. The molecule has 0 N–H and O–H groups in total. The lowest BCUT2D eigenvalue weighted by atomic mass is 10.1. The van der Waals surface area contributed by atoms with Crippen LogP contribution in [0.25, 0.3) is 5.52 Å². The summed E-state index contributed by atoms with van der Waals surface area (Å²) in [5, 5.41) is 0.0738. The molecule has 2 bridgehead atoms. The predicted octanol–water partition coefficient (Wildman–Crippen LogP) is 3.60. The van der Waals surface area contributed by atoms with E-state index in [0.717, 1.165) is 23.2 Å². The third-order valence-corrected chi connectivity index (χ3v) is 9.13. The summed E-state index contributed by atoms with van der Waals surface area (Å²) in [6.07, 6.45) is 5.02. The van der Waals surface area contributed by atoms with Crippen LogP contribution in [0.3, 0.4) is 0 Å². The van der Waals surface area contributed by atoms with E-state index >= 15 is 0 Å². The number of fused-ring (bicyclic) bond motifs is 3. The molecule has 2 aromatic heterocycles. The van der Waals surface area contributed by atoms with Crippen molar-refractivity contribution < 1.29 is 22.0 Å². The summed E-state index contributed by atoms with van der Waals surface area (Å²) < 4.78 is 55.6. The number of likely N-dealkylation sites (tertiary alicyclic amines) is 1. The number of halogens is 3. The van der Waals surface area contributed by atoms with E-state index in [1.165, 1.54) is 19.2 Å². The molecule has 2 atom stereocenters. The van der Waals surface area contributed by atoms with E-state index in [1.807, 2.05) is 4.40 Å². The molecule has 0 aliphatic carbocycles. The fraction of sp³-hybridized carbons (Fsp3) is 0.417. The van der Waals surface area contributed by atoms with Crippen molar-refractivity contribution in [3.8, 4) is 0 Å². The van der Waals surface area contributed by atoms with Crippen molar-refractivity contribution in [1.82, 2.24) is 18.6 Å². The van der Waals surface area contributed by atoms with Gasteiger partial charge in [0.05, 0.1) is 33.9 Å². The van der Waals surface area contributed by atoms with E-state index in [4.69, 9.17) is 11.6 Å². The zero-order valence-electron chi connectivity index (χ0n) is 19.6. The van der Waals surface area contributed by atoms with Gasteiger partial charge in [0, 0.05) is 38.8 Å². The highest BCUT2D eigenvalue weighted by molar-refractivity contribution is 7.89. The summed E-state index contributed by atoms with van der Waals surface area (Å²) in [4.78, 5) is 21.4. The van der Waals surface area contributed by atoms with Gasteiger partial charge in [0.15, 0.2) is 0 Å². The minimum absolute atomic E-state index is 0.0419. The van der Waals surface area contributed by atoms with Crippen molar-refractivity contribution in [2.24, 2.45) is 0 Å². The van der Waals surface area contributed by atoms with E-state index in [2.05, 4.69) is 9.88 Å². The number of alkyl halides is 1. The zero-order chi connectivity index (χ0) is 25.6. The van der Waals surface area contributed by atoms with Crippen LogP contribution in [0.15, 0.2) is 47.8 Å². The molecule has 0 saturated carbocycles. The van der Waals surface area contributed by atoms with Crippen LogP contribution in [-0.4, -0.2) is 78.4 Å². The Morgan fingerprint density at radius 3 is 2.58 bits per heavy atom. The van der Waals surface area contributed by atoms with Gasteiger partial charge in [-0.05, 0) is 49.6 Å². The SMILES string of the molecule is CN(CCCF)S(=O)(=O)c1cc(N2[C@@H]3CC[C@H]2CN(C(=O)c2ccc(F)cc2Cl)C3)n2cncc2c1. The summed E-state index contributed by atoms with van der Waals surface area (Å²) in [5.41, 5.74) is 0.883. The van der Waals surface area contributed by atoms with Gasteiger partial charge < -0.3 is 9.80 Å². The van der Waals surface area contributed by atoms with Crippen LogP contribution in [-0.2, 0) is 10.0 Å². The minimum Gasteiger partial charge on any atom is -0.348 e. The number of benzene rings is 1. The lowest BCUT2D eigenvalue weighted by Crippen LogP contribution is -2.56. The molecule has 3 aromatic rings. The first-order valence-electron chi connectivity index (χ1n) is 11.7. The van der Waals surface area contributed by atoms with Crippen LogP contribution < -0.4 is 4.90 Å². The number of hydrogen-bond acceptors (Lipinski definition) is 5. The number of nitrogens with zero attached hydrogens (tertiary/aromatic N) is 5. The average Bonchev–Trinajstić information content (AvgIpc) is 3.43. The lowest BCUT2D eigenvalue weighted by molar-refractivity contribution is 0.0717. The maximum Gasteiger partial charge on any atom is 0.255 e. The second-order valence-electron chi connectivity index (χ2n) is 9.23. The number of sulfonamides is 1. The van der Waals surface area contributed by atoms with Crippen LogP contribution in [0.2, 0.25) is 5.02 Å². The van der Waals surface area contributed by atoms with Gasteiger partial charge in [-0.1, -0.05) is 11.6 Å². The van der Waals surface area contributed by atoms with E-state index in [9.17, 15) is 22.0 Å². The molecule has 2 saturated heterocycles. The summed E-state index contributed by atoms with van der Waals surface area (Å²) in [5.74, 6) is -0.0759. The molecular weight excluding hydrogens is 512 g/mol. The molecule has 0 spiro atoms. The Morgan fingerprint density at radius 1 is 1.19 bits per heavy atom. The molecule has 5 rings (SSSR count). The van der Waals surface area contributed by atoms with Crippen molar-refractivity contribution >= 4 is 38.9 Å². The van der Waals surface area contributed by atoms with Gasteiger partial charge in [-0.25, -0.2) is 22.1 Å². The van der Waals surface area contributed by atoms with E-state index in [1.54, 1.807) is 29.6 Å². The first kappa shape index (κ1) is 24.9. The topological polar surface area (TPSA) is 78.2 Å². The third kappa shape index (κ3) is 4.33. The first-order chi connectivity index (χ1) is 17.2. The normalized spacial score (nSPS) is 20.0. The van der Waals surface area contributed by atoms with Gasteiger partial charge >= 0.3 is 0 Å². The molecule has 1 aromatic carbocycles. The largest absolute Gasteiger partial charge is 0.348 e. The molecule has 0 unspecified atom stereocenters. The summed E-state index contributed by atoms with van der Waals surface area (Å²) in [6, 6.07) is 6.87. The average molecular weight is 538 g/mol. The summed E-state index contributed by atoms with van der Waals surface area (Å²) in [6.45, 7) is 0.331. The Hall–Kier alpha value is -2.76. The number of imidazole rings is 1. The first-order valence-corrected chi connectivity index (χ1v) is 13.5. The standard InChI is InChI=1S/C24H26ClF2N5O3S/c1-29(8-2-7-26)36(34,35)20-10-19-12-28-15-31(19)23(11-20)32-17-4-5-18(32)14-30(13-17)24(33)21-6-3-16(27)9-22(21)25/h3,6,9-12,15,17-18H,2,4-5,7-8,13-14H2,1H3/t17-,18+. The Balaban J connectivity index is 1.46. The smallest absolute Gasteiger partial charge is 0.255 e. The number of carbonyl (C=O) groups is 1. The van der Waals surface area contributed by atoms with Crippen molar-refractivity contribution in [2.45, 2.75) is 36.2 Å². The molecule has 2 aliphatic rings. The molecule has 2 aliphatic heterocycles. The van der Waals surface area contributed by atoms with Crippen molar-refractivity contribution in [2.75, 3.05) is 38.3 Å². The Kier molecular flexibility index (Phi) is 6.65. The molecule has 8 nitrogen and oxygen atoms in total. The maximum absolute atomic E-state index is 13.5. The second-order valence-corrected chi connectivity index (χ2v) is 11.7. The van der Waals surface area contributed by atoms with Crippen molar-refractivity contribution in [1.29, 1.82) is 0 Å². The third-order valence-electron chi connectivity index (χ3n) is 6.99. The number of pyridine rings is 1. The molecule has 192 valence electrons. The van der Waals surface area contributed by atoms with Crippen LogP contribution in [0.5, 0.6) is 0 Å². The quantitative estimate of drug-likeness (QED) is 0.460. The molecule has 4 heterocycles. The Morgan fingerprint density at radius 2 is 1.92 bits per heavy atom. The van der Waals surface area contributed by atoms with Gasteiger partial charge in [-0.3, -0.25) is 13.6 Å². The molecule has 1 amide bonds. The highest BCUT2D eigenvalue weighted by Gasteiger charge is 2.43. The van der Waals surface area contributed by atoms with E-state index in [-0.39, 0.29) is 46.4 Å².